The quantitative estimate of drug-likeness (QED) is 0.595. The van der Waals surface area contributed by atoms with Crippen LogP contribution in [-0.2, 0) is 0 Å². The Morgan fingerprint density at radius 1 is 1.00 bits per heavy atom. The third kappa shape index (κ3) is 0.983. The summed E-state index contributed by atoms with van der Waals surface area (Å²) in [5.74, 6) is 1.67. The summed E-state index contributed by atoms with van der Waals surface area (Å²) >= 11 is 0. The highest BCUT2D eigenvalue weighted by Crippen LogP contribution is 2.45. The minimum absolute atomic E-state index is 0.831. The summed E-state index contributed by atoms with van der Waals surface area (Å²) in [6, 6.07) is 1.33. The highest BCUT2D eigenvalue weighted by atomic mass is 14.7. The zero-order chi connectivity index (χ0) is 6.27. The number of rotatable bonds is 2. The summed E-state index contributed by atoms with van der Waals surface area (Å²) in [4.78, 5) is 0. The lowest BCUT2D eigenvalue weighted by atomic mass is 9.78. The van der Waals surface area contributed by atoms with E-state index in [-0.39, 0.29) is 0 Å². The largest absolute Gasteiger partial charge is 0.323 e. The fourth-order valence-electron chi connectivity index (χ4n) is 1.49. The Morgan fingerprint density at radius 2 is 1.56 bits per heavy atom. The van der Waals surface area contributed by atoms with Gasteiger partial charge in [0.15, 0.2) is 0 Å². The van der Waals surface area contributed by atoms with Gasteiger partial charge in [-0.05, 0) is 37.5 Å². The van der Waals surface area contributed by atoms with Gasteiger partial charge in [-0.3, -0.25) is 0 Å². The Balaban J connectivity index is 1.81. The van der Waals surface area contributed by atoms with Gasteiger partial charge >= 0.3 is 0 Å². The van der Waals surface area contributed by atoms with Gasteiger partial charge in [-0.25, -0.2) is 0 Å². The molecule has 2 aliphatic carbocycles. The molecule has 1 heteroatoms. The second-order valence-electron chi connectivity index (χ2n) is 3.40. The van der Waals surface area contributed by atoms with E-state index in [0.29, 0.717) is 0 Å². The van der Waals surface area contributed by atoms with Crippen LogP contribution in [0, 0.1) is 17.9 Å². The maximum Gasteiger partial charge on any atom is 0.0399 e. The van der Waals surface area contributed by atoms with Gasteiger partial charge in [-0.2, -0.15) is 0 Å². The van der Waals surface area contributed by atoms with Crippen LogP contribution in [-0.4, -0.2) is 0 Å². The molecule has 1 radical (unpaired) electrons. The molecule has 0 heterocycles. The van der Waals surface area contributed by atoms with E-state index in [1.807, 2.05) is 0 Å². The smallest absolute Gasteiger partial charge is 0.0399 e. The SMILES string of the molecule is N[C](C1CCC1)C1CC1. The Morgan fingerprint density at radius 3 is 1.89 bits per heavy atom. The Hall–Kier alpha value is -0.0400. The molecule has 0 spiro atoms. The lowest BCUT2D eigenvalue weighted by Crippen LogP contribution is -2.28. The van der Waals surface area contributed by atoms with Gasteiger partial charge in [0.25, 0.3) is 0 Å². The average molecular weight is 124 g/mol. The molecule has 1 nitrogen and oxygen atoms in total. The standard InChI is InChI=1S/C8H14N/c9-8(7-4-5-7)6-2-1-3-6/h6-7H,1-5,9H2. The van der Waals surface area contributed by atoms with Crippen molar-refractivity contribution in [2.75, 3.05) is 0 Å². The normalized spacial score (nSPS) is 28.7. The average Bonchev–Trinajstić information content (AvgIpc) is 2.37. The molecule has 2 saturated carbocycles. The molecule has 0 saturated heterocycles. The first-order valence-electron chi connectivity index (χ1n) is 4.00. The first-order valence-corrected chi connectivity index (χ1v) is 4.00. The van der Waals surface area contributed by atoms with Gasteiger partial charge in [0, 0.05) is 6.04 Å². The van der Waals surface area contributed by atoms with Crippen LogP contribution < -0.4 is 5.73 Å². The van der Waals surface area contributed by atoms with Crippen LogP contribution in [0.3, 0.4) is 0 Å². The van der Waals surface area contributed by atoms with E-state index >= 15 is 0 Å². The van der Waals surface area contributed by atoms with Crippen LogP contribution in [0.2, 0.25) is 0 Å². The molecular weight excluding hydrogens is 110 g/mol. The van der Waals surface area contributed by atoms with Crippen molar-refractivity contribution in [2.24, 2.45) is 17.6 Å². The van der Waals surface area contributed by atoms with Gasteiger partial charge in [0.1, 0.15) is 0 Å². The van der Waals surface area contributed by atoms with Crippen LogP contribution in [0.1, 0.15) is 32.1 Å². The van der Waals surface area contributed by atoms with E-state index in [2.05, 4.69) is 0 Å². The summed E-state index contributed by atoms with van der Waals surface area (Å²) in [5.41, 5.74) is 5.90. The maximum atomic E-state index is 5.90. The molecule has 2 fully saturated rings. The van der Waals surface area contributed by atoms with Crippen LogP contribution in [0.25, 0.3) is 0 Å². The summed E-state index contributed by atoms with van der Waals surface area (Å²) in [5, 5.41) is 0. The van der Waals surface area contributed by atoms with Crippen molar-refractivity contribution in [1.82, 2.24) is 0 Å². The van der Waals surface area contributed by atoms with Gasteiger partial charge in [0.05, 0.1) is 0 Å². The second-order valence-corrected chi connectivity index (χ2v) is 3.40. The van der Waals surface area contributed by atoms with Gasteiger partial charge in [-0.15, -0.1) is 0 Å². The molecule has 0 aromatic heterocycles. The molecule has 0 unspecified atom stereocenters. The van der Waals surface area contributed by atoms with Gasteiger partial charge in [-0.1, -0.05) is 6.42 Å². The fourth-order valence-corrected chi connectivity index (χ4v) is 1.49. The van der Waals surface area contributed by atoms with E-state index < -0.39 is 0 Å². The molecular formula is C8H14N. The minimum Gasteiger partial charge on any atom is -0.323 e. The summed E-state index contributed by atoms with van der Waals surface area (Å²) in [7, 11) is 0. The van der Waals surface area contributed by atoms with Gasteiger partial charge < -0.3 is 5.73 Å². The van der Waals surface area contributed by atoms with E-state index in [1.54, 1.807) is 0 Å². The molecule has 9 heavy (non-hydrogen) atoms. The Bertz CT molecular complexity index is 103. The fraction of sp³-hybridized carbons (Fsp3) is 0.875. The molecule has 2 aliphatic rings. The van der Waals surface area contributed by atoms with Gasteiger partial charge in [0.2, 0.25) is 0 Å². The van der Waals surface area contributed by atoms with Crippen molar-refractivity contribution in [2.45, 2.75) is 32.1 Å². The minimum atomic E-state index is 0.831. The molecule has 0 aliphatic heterocycles. The van der Waals surface area contributed by atoms with Crippen LogP contribution in [0.15, 0.2) is 0 Å². The molecule has 0 atom stereocenters. The zero-order valence-corrected chi connectivity index (χ0v) is 5.77. The van der Waals surface area contributed by atoms with Crippen LogP contribution in [0.5, 0.6) is 0 Å². The van der Waals surface area contributed by atoms with E-state index in [0.717, 1.165) is 11.8 Å². The van der Waals surface area contributed by atoms with Crippen molar-refractivity contribution in [3.63, 3.8) is 0 Å². The first kappa shape index (κ1) is 5.72. The summed E-state index contributed by atoms with van der Waals surface area (Å²) < 4.78 is 0. The zero-order valence-electron chi connectivity index (χ0n) is 5.77. The van der Waals surface area contributed by atoms with Crippen molar-refractivity contribution < 1.29 is 0 Å². The highest BCUT2D eigenvalue weighted by molar-refractivity contribution is 5.05. The number of nitrogens with two attached hydrogens (primary N) is 1. The van der Waals surface area contributed by atoms with E-state index in [4.69, 9.17) is 5.73 Å². The van der Waals surface area contributed by atoms with Crippen LogP contribution >= 0.6 is 0 Å². The van der Waals surface area contributed by atoms with Crippen molar-refractivity contribution in [3.8, 4) is 0 Å². The lowest BCUT2D eigenvalue weighted by Gasteiger charge is -2.30. The molecule has 0 bridgehead atoms. The van der Waals surface area contributed by atoms with Crippen molar-refractivity contribution >= 4 is 0 Å². The Kier molecular flexibility index (Phi) is 1.26. The molecule has 0 amide bonds. The molecule has 2 rings (SSSR count). The van der Waals surface area contributed by atoms with Crippen LogP contribution in [0.4, 0.5) is 0 Å². The Labute approximate surface area is 56.6 Å². The topological polar surface area (TPSA) is 26.0 Å². The van der Waals surface area contributed by atoms with E-state index in [9.17, 15) is 0 Å². The van der Waals surface area contributed by atoms with Crippen molar-refractivity contribution in [3.05, 3.63) is 6.04 Å². The lowest BCUT2D eigenvalue weighted by molar-refractivity contribution is 0.309. The third-order valence-corrected chi connectivity index (χ3v) is 2.63. The van der Waals surface area contributed by atoms with Crippen molar-refractivity contribution in [1.29, 1.82) is 0 Å². The summed E-state index contributed by atoms with van der Waals surface area (Å²) in [6.07, 6.45) is 6.92. The predicted octanol–water partition coefficient (Wildman–Crippen LogP) is 1.69. The maximum absolute atomic E-state index is 5.90. The predicted molar refractivity (Wildman–Crippen MR) is 37.5 cm³/mol. The van der Waals surface area contributed by atoms with E-state index in [1.165, 1.54) is 38.1 Å². The number of hydrogen-bond donors (Lipinski definition) is 1. The highest BCUT2D eigenvalue weighted by Gasteiger charge is 2.36. The molecule has 0 aromatic carbocycles. The third-order valence-electron chi connectivity index (χ3n) is 2.63. The molecule has 2 N–H and O–H groups in total. The summed E-state index contributed by atoms with van der Waals surface area (Å²) in [6.45, 7) is 0. The molecule has 51 valence electrons. The number of hydrogen-bond acceptors (Lipinski definition) is 1. The second kappa shape index (κ2) is 1.98. The first-order chi connectivity index (χ1) is 4.38. The molecule has 0 aromatic rings. The monoisotopic (exact) mass is 124 g/mol.